The number of rotatable bonds is 7. The van der Waals surface area contributed by atoms with E-state index in [-0.39, 0.29) is 26.1 Å². The fraction of sp³-hybridized carbons (Fsp3) is 0.625. The molecule has 0 aliphatic carbocycles. The van der Waals surface area contributed by atoms with E-state index in [4.69, 9.17) is 5.11 Å². The number of aliphatic hydroxyl groups excluding tert-OH is 1. The Morgan fingerprint density at radius 1 is 1.17 bits per heavy atom. The molecular weight excluding hydrogens is 312 g/mol. The maximum Gasteiger partial charge on any atom is 0.401 e. The van der Waals surface area contributed by atoms with E-state index in [9.17, 15) is 17.6 Å². The summed E-state index contributed by atoms with van der Waals surface area (Å²) in [4.78, 5) is 3.17. The summed E-state index contributed by atoms with van der Waals surface area (Å²) >= 11 is 0. The number of aliphatic hydroxyl groups is 1. The van der Waals surface area contributed by atoms with E-state index >= 15 is 0 Å². The molecule has 0 atom stereocenters. The van der Waals surface area contributed by atoms with Crippen molar-refractivity contribution in [3.63, 3.8) is 0 Å². The highest BCUT2D eigenvalue weighted by Gasteiger charge is 2.31. The summed E-state index contributed by atoms with van der Waals surface area (Å²) in [5, 5.41) is 8.87. The highest BCUT2D eigenvalue weighted by atomic mass is 19.4. The maximum atomic E-state index is 14.2. The van der Waals surface area contributed by atoms with Crippen LogP contribution in [0, 0.1) is 5.82 Å². The third-order valence-corrected chi connectivity index (χ3v) is 3.96. The Kier molecular flexibility index (Phi) is 6.24. The Bertz CT molecular complexity index is 501. The van der Waals surface area contributed by atoms with Gasteiger partial charge in [-0.3, -0.25) is 4.90 Å². The molecule has 1 N–H and O–H groups in total. The molecule has 1 heterocycles. The van der Waals surface area contributed by atoms with Crippen LogP contribution in [0.5, 0.6) is 0 Å². The second-order valence-corrected chi connectivity index (χ2v) is 5.83. The van der Waals surface area contributed by atoms with Crippen LogP contribution in [0.3, 0.4) is 0 Å². The third kappa shape index (κ3) is 5.35. The average Bonchev–Trinajstić information content (AvgIpc) is 2.99. The summed E-state index contributed by atoms with van der Waals surface area (Å²) < 4.78 is 52.4. The zero-order valence-corrected chi connectivity index (χ0v) is 12.9. The van der Waals surface area contributed by atoms with Crippen LogP contribution in [0.25, 0.3) is 0 Å². The number of anilines is 1. The molecule has 7 heteroatoms. The van der Waals surface area contributed by atoms with Crippen LogP contribution in [0.1, 0.15) is 24.8 Å². The quantitative estimate of drug-likeness (QED) is 0.776. The number of hydrogen-bond acceptors (Lipinski definition) is 3. The van der Waals surface area contributed by atoms with Crippen molar-refractivity contribution in [3.8, 4) is 0 Å². The molecule has 0 unspecified atom stereocenters. The SMILES string of the molecule is OCCCN(Cc1c(F)cccc1N1CCCC1)CC(F)(F)F. The van der Waals surface area contributed by atoms with Crippen molar-refractivity contribution < 1.29 is 22.7 Å². The first-order chi connectivity index (χ1) is 10.9. The number of alkyl halides is 3. The van der Waals surface area contributed by atoms with Crippen LogP contribution in [0.2, 0.25) is 0 Å². The van der Waals surface area contributed by atoms with Crippen molar-refractivity contribution in [1.82, 2.24) is 4.90 Å². The van der Waals surface area contributed by atoms with Crippen molar-refractivity contribution in [3.05, 3.63) is 29.6 Å². The lowest BCUT2D eigenvalue weighted by Gasteiger charge is -2.27. The molecule has 1 saturated heterocycles. The molecule has 1 aromatic carbocycles. The molecule has 0 bridgehead atoms. The molecule has 0 aromatic heterocycles. The lowest BCUT2D eigenvalue weighted by molar-refractivity contribution is -0.147. The third-order valence-electron chi connectivity index (χ3n) is 3.96. The Morgan fingerprint density at radius 3 is 2.48 bits per heavy atom. The standard InChI is InChI=1S/C16H22F4N2O/c17-14-5-3-6-15(22-8-1-2-9-22)13(14)11-21(7-4-10-23)12-16(18,19)20/h3,5-6,23H,1-2,4,7-12H2. The Morgan fingerprint density at radius 2 is 1.87 bits per heavy atom. The normalized spacial score (nSPS) is 15.7. The molecule has 0 radical (unpaired) electrons. The van der Waals surface area contributed by atoms with Crippen molar-refractivity contribution >= 4 is 5.69 Å². The van der Waals surface area contributed by atoms with Crippen molar-refractivity contribution in [2.75, 3.05) is 37.7 Å². The molecule has 3 nitrogen and oxygen atoms in total. The number of nitrogens with zero attached hydrogens (tertiary/aromatic N) is 2. The minimum absolute atomic E-state index is 0.0732. The number of benzene rings is 1. The van der Waals surface area contributed by atoms with Gasteiger partial charge in [0.1, 0.15) is 5.82 Å². The summed E-state index contributed by atoms with van der Waals surface area (Å²) in [5.41, 5.74) is 0.982. The molecule has 1 aliphatic heterocycles. The predicted octanol–water partition coefficient (Wildman–Crippen LogP) is 3.17. The summed E-state index contributed by atoms with van der Waals surface area (Å²) in [6, 6.07) is 4.64. The number of hydrogen-bond donors (Lipinski definition) is 1. The van der Waals surface area contributed by atoms with Gasteiger partial charge in [-0.05, 0) is 31.4 Å². The van der Waals surface area contributed by atoms with Gasteiger partial charge in [-0.1, -0.05) is 6.07 Å². The monoisotopic (exact) mass is 334 g/mol. The van der Waals surface area contributed by atoms with E-state index in [2.05, 4.69) is 0 Å². The first-order valence-electron chi connectivity index (χ1n) is 7.83. The maximum absolute atomic E-state index is 14.2. The molecule has 0 saturated carbocycles. The molecule has 0 amide bonds. The molecular formula is C16H22F4N2O. The van der Waals surface area contributed by atoms with Crippen molar-refractivity contribution in [2.45, 2.75) is 32.0 Å². The van der Waals surface area contributed by atoms with Crippen molar-refractivity contribution in [1.29, 1.82) is 0 Å². The van der Waals surface area contributed by atoms with Gasteiger partial charge in [0.15, 0.2) is 0 Å². The second-order valence-electron chi connectivity index (χ2n) is 5.83. The second kappa shape index (κ2) is 7.97. The number of halogens is 4. The molecule has 1 fully saturated rings. The summed E-state index contributed by atoms with van der Waals surface area (Å²) in [6.45, 7) is 0.256. The van der Waals surface area contributed by atoms with Gasteiger partial charge in [-0.25, -0.2) is 4.39 Å². The van der Waals surface area contributed by atoms with Crippen LogP contribution in [-0.4, -0.2) is 49.0 Å². The van der Waals surface area contributed by atoms with Crippen molar-refractivity contribution in [2.24, 2.45) is 0 Å². The topological polar surface area (TPSA) is 26.7 Å². The minimum atomic E-state index is -4.35. The molecule has 1 aliphatic rings. The zero-order valence-electron chi connectivity index (χ0n) is 12.9. The van der Waals surface area contributed by atoms with E-state index < -0.39 is 18.5 Å². The largest absolute Gasteiger partial charge is 0.401 e. The fourth-order valence-corrected chi connectivity index (χ4v) is 2.94. The molecule has 1 aromatic rings. The molecule has 130 valence electrons. The van der Waals surface area contributed by atoms with Crippen LogP contribution >= 0.6 is 0 Å². The van der Waals surface area contributed by atoms with E-state index in [1.807, 2.05) is 4.90 Å². The Labute approximate surface area is 133 Å². The molecule has 23 heavy (non-hydrogen) atoms. The summed E-state index contributed by atoms with van der Waals surface area (Å²) in [5.74, 6) is -0.481. The highest BCUT2D eigenvalue weighted by Crippen LogP contribution is 2.29. The first-order valence-corrected chi connectivity index (χ1v) is 7.83. The molecule has 0 spiro atoms. The van der Waals surface area contributed by atoms with Gasteiger partial charge in [0.25, 0.3) is 0 Å². The van der Waals surface area contributed by atoms with Crippen LogP contribution in [0.15, 0.2) is 18.2 Å². The van der Waals surface area contributed by atoms with Crippen LogP contribution in [0.4, 0.5) is 23.2 Å². The Hall–Kier alpha value is -1.34. The minimum Gasteiger partial charge on any atom is -0.396 e. The first kappa shape index (κ1) is 18.0. The summed E-state index contributed by atoms with van der Waals surface area (Å²) in [6.07, 6.45) is -2.11. The van der Waals surface area contributed by atoms with Gasteiger partial charge in [0.2, 0.25) is 0 Å². The Balaban J connectivity index is 2.20. The smallest absolute Gasteiger partial charge is 0.396 e. The average molecular weight is 334 g/mol. The van der Waals surface area contributed by atoms with Gasteiger partial charge in [0.05, 0.1) is 6.54 Å². The zero-order chi connectivity index (χ0) is 16.9. The fourth-order valence-electron chi connectivity index (χ4n) is 2.94. The van der Waals surface area contributed by atoms with E-state index in [0.29, 0.717) is 11.3 Å². The van der Waals surface area contributed by atoms with Gasteiger partial charge < -0.3 is 10.0 Å². The lowest BCUT2D eigenvalue weighted by atomic mass is 10.1. The van der Waals surface area contributed by atoms with Gasteiger partial charge in [0, 0.05) is 44.0 Å². The van der Waals surface area contributed by atoms with Gasteiger partial charge >= 0.3 is 6.18 Å². The van der Waals surface area contributed by atoms with Crippen LogP contribution in [-0.2, 0) is 6.54 Å². The van der Waals surface area contributed by atoms with E-state index in [0.717, 1.165) is 30.8 Å². The van der Waals surface area contributed by atoms with Gasteiger partial charge in [-0.2, -0.15) is 13.2 Å². The lowest BCUT2D eigenvalue weighted by Crippen LogP contribution is -2.35. The molecule has 2 rings (SSSR count). The highest BCUT2D eigenvalue weighted by molar-refractivity contribution is 5.54. The van der Waals surface area contributed by atoms with E-state index in [1.165, 1.54) is 6.07 Å². The van der Waals surface area contributed by atoms with Crippen LogP contribution < -0.4 is 4.90 Å². The summed E-state index contributed by atoms with van der Waals surface area (Å²) in [7, 11) is 0. The van der Waals surface area contributed by atoms with E-state index in [1.54, 1.807) is 12.1 Å². The van der Waals surface area contributed by atoms with Gasteiger partial charge in [-0.15, -0.1) is 0 Å². The predicted molar refractivity (Wildman–Crippen MR) is 80.9 cm³/mol.